The van der Waals surface area contributed by atoms with Crippen molar-refractivity contribution < 1.29 is 0 Å². The Bertz CT molecular complexity index is 349. The Labute approximate surface area is 104 Å². The number of anilines is 2. The minimum atomic E-state index is 0.548. The van der Waals surface area contributed by atoms with E-state index in [2.05, 4.69) is 41.0 Å². The van der Waals surface area contributed by atoms with Crippen LogP contribution in [0.1, 0.15) is 33.0 Å². The van der Waals surface area contributed by atoms with E-state index in [9.17, 15) is 0 Å². The number of nitrogens with one attached hydrogen (secondary N) is 1. The minimum Gasteiger partial charge on any atom is -0.354 e. The van der Waals surface area contributed by atoms with Gasteiger partial charge in [-0.15, -0.1) is 0 Å². The quantitative estimate of drug-likeness (QED) is 0.819. The number of hydrogen-bond acceptors (Lipinski definition) is 5. The van der Waals surface area contributed by atoms with E-state index in [1.165, 1.54) is 0 Å². The average molecular weight is 237 g/mol. The van der Waals surface area contributed by atoms with Gasteiger partial charge in [0.1, 0.15) is 5.82 Å². The van der Waals surface area contributed by atoms with E-state index >= 15 is 0 Å². The van der Waals surface area contributed by atoms with E-state index < -0.39 is 0 Å². The summed E-state index contributed by atoms with van der Waals surface area (Å²) in [6.07, 6.45) is 1.94. The topological polar surface area (TPSA) is 53.9 Å². The van der Waals surface area contributed by atoms with Crippen LogP contribution in [0.25, 0.3) is 0 Å². The molecule has 0 bridgehead atoms. The fourth-order valence-corrected chi connectivity index (χ4v) is 1.38. The van der Waals surface area contributed by atoms with Crippen LogP contribution in [0, 0.1) is 5.92 Å². The minimum absolute atomic E-state index is 0.548. The summed E-state index contributed by atoms with van der Waals surface area (Å²) >= 11 is 0. The van der Waals surface area contributed by atoms with Gasteiger partial charge in [-0.1, -0.05) is 20.8 Å². The van der Waals surface area contributed by atoms with Gasteiger partial charge in [0.2, 0.25) is 11.9 Å². The summed E-state index contributed by atoms with van der Waals surface area (Å²) in [5, 5.41) is 3.21. The van der Waals surface area contributed by atoms with Gasteiger partial charge in [-0.3, -0.25) is 0 Å². The molecule has 0 radical (unpaired) electrons. The maximum atomic E-state index is 4.44. The normalized spacial score (nSPS) is 10.7. The zero-order valence-corrected chi connectivity index (χ0v) is 11.5. The summed E-state index contributed by atoms with van der Waals surface area (Å²) in [6, 6.07) is 0. The lowest BCUT2D eigenvalue weighted by atomic mass is 10.1. The predicted octanol–water partition coefficient (Wildman–Crippen LogP) is 1.96. The van der Waals surface area contributed by atoms with Crippen molar-refractivity contribution in [3.8, 4) is 0 Å². The lowest BCUT2D eigenvalue weighted by molar-refractivity contribution is 0.617. The molecular formula is C12H23N5. The van der Waals surface area contributed by atoms with E-state index in [-0.39, 0.29) is 0 Å². The SMILES string of the molecule is CCCNc1nc(CC(C)C)nc(N(C)C)n1. The highest BCUT2D eigenvalue weighted by Gasteiger charge is 2.09. The second kappa shape index (κ2) is 6.37. The third kappa shape index (κ3) is 4.54. The summed E-state index contributed by atoms with van der Waals surface area (Å²) in [4.78, 5) is 15.2. The Morgan fingerprint density at radius 2 is 1.88 bits per heavy atom. The van der Waals surface area contributed by atoms with Gasteiger partial charge >= 0.3 is 0 Å². The first kappa shape index (κ1) is 13.7. The fourth-order valence-electron chi connectivity index (χ4n) is 1.38. The van der Waals surface area contributed by atoms with Gasteiger partial charge in [-0.2, -0.15) is 15.0 Å². The molecule has 0 aliphatic rings. The molecule has 0 atom stereocenters. The van der Waals surface area contributed by atoms with Gasteiger partial charge < -0.3 is 10.2 Å². The largest absolute Gasteiger partial charge is 0.354 e. The number of aromatic nitrogens is 3. The molecule has 1 N–H and O–H groups in total. The van der Waals surface area contributed by atoms with Crippen molar-refractivity contribution in [2.24, 2.45) is 5.92 Å². The van der Waals surface area contributed by atoms with Gasteiger partial charge in [0.05, 0.1) is 0 Å². The van der Waals surface area contributed by atoms with Crippen LogP contribution in [0.2, 0.25) is 0 Å². The van der Waals surface area contributed by atoms with Crippen molar-refractivity contribution in [1.29, 1.82) is 0 Å². The van der Waals surface area contributed by atoms with Crippen molar-refractivity contribution in [2.45, 2.75) is 33.6 Å². The molecule has 0 aromatic carbocycles. The molecule has 5 nitrogen and oxygen atoms in total. The molecule has 5 heteroatoms. The fraction of sp³-hybridized carbons (Fsp3) is 0.750. The Hall–Kier alpha value is -1.39. The smallest absolute Gasteiger partial charge is 0.229 e. The highest BCUT2D eigenvalue weighted by Crippen LogP contribution is 2.11. The standard InChI is InChI=1S/C12H23N5/c1-6-7-13-11-14-10(8-9(2)3)15-12(16-11)17(4)5/h9H,6-8H2,1-5H3,(H,13,14,15,16). The molecule has 1 heterocycles. The number of nitrogens with zero attached hydrogens (tertiary/aromatic N) is 4. The highest BCUT2D eigenvalue weighted by molar-refractivity contribution is 5.35. The van der Waals surface area contributed by atoms with Crippen LogP contribution < -0.4 is 10.2 Å². The molecule has 17 heavy (non-hydrogen) atoms. The Morgan fingerprint density at radius 3 is 2.41 bits per heavy atom. The Kier molecular flexibility index (Phi) is 5.12. The molecule has 0 saturated heterocycles. The van der Waals surface area contributed by atoms with Crippen molar-refractivity contribution in [2.75, 3.05) is 30.9 Å². The first-order valence-corrected chi connectivity index (χ1v) is 6.19. The number of hydrogen-bond donors (Lipinski definition) is 1. The molecule has 0 spiro atoms. The Balaban J connectivity index is 2.92. The third-order valence-corrected chi connectivity index (χ3v) is 2.19. The van der Waals surface area contributed by atoms with Crippen LogP contribution in [0.4, 0.5) is 11.9 Å². The first-order chi connectivity index (χ1) is 8.02. The molecule has 0 saturated carbocycles. The third-order valence-electron chi connectivity index (χ3n) is 2.19. The maximum absolute atomic E-state index is 4.44. The zero-order chi connectivity index (χ0) is 12.8. The van der Waals surface area contributed by atoms with E-state index in [4.69, 9.17) is 0 Å². The van der Waals surface area contributed by atoms with Gasteiger partial charge in [-0.25, -0.2) is 0 Å². The molecule has 1 aromatic rings. The van der Waals surface area contributed by atoms with Crippen molar-refractivity contribution in [3.05, 3.63) is 5.82 Å². The summed E-state index contributed by atoms with van der Waals surface area (Å²) in [6.45, 7) is 7.34. The zero-order valence-electron chi connectivity index (χ0n) is 11.5. The lowest BCUT2D eigenvalue weighted by Gasteiger charge is -2.14. The van der Waals surface area contributed by atoms with Gasteiger partial charge in [0.25, 0.3) is 0 Å². The van der Waals surface area contributed by atoms with Crippen LogP contribution in [-0.2, 0) is 6.42 Å². The van der Waals surface area contributed by atoms with E-state index in [1.807, 2.05) is 19.0 Å². The van der Waals surface area contributed by atoms with Crippen molar-refractivity contribution >= 4 is 11.9 Å². The first-order valence-electron chi connectivity index (χ1n) is 6.19. The van der Waals surface area contributed by atoms with Gasteiger partial charge in [0, 0.05) is 27.1 Å². The summed E-state index contributed by atoms with van der Waals surface area (Å²) in [7, 11) is 3.89. The molecule has 0 aliphatic carbocycles. The summed E-state index contributed by atoms with van der Waals surface area (Å²) in [5.41, 5.74) is 0. The molecular weight excluding hydrogens is 214 g/mol. The lowest BCUT2D eigenvalue weighted by Crippen LogP contribution is -2.17. The highest BCUT2D eigenvalue weighted by atomic mass is 15.3. The second-order valence-corrected chi connectivity index (χ2v) is 4.79. The molecule has 0 fully saturated rings. The molecule has 0 aliphatic heterocycles. The molecule has 0 unspecified atom stereocenters. The molecule has 96 valence electrons. The van der Waals surface area contributed by atoms with Crippen LogP contribution in [-0.4, -0.2) is 35.6 Å². The molecule has 1 aromatic heterocycles. The molecule has 1 rings (SSSR count). The second-order valence-electron chi connectivity index (χ2n) is 4.79. The summed E-state index contributed by atoms with van der Waals surface area (Å²) < 4.78 is 0. The maximum Gasteiger partial charge on any atom is 0.229 e. The van der Waals surface area contributed by atoms with E-state index in [1.54, 1.807) is 0 Å². The van der Waals surface area contributed by atoms with Crippen molar-refractivity contribution in [3.63, 3.8) is 0 Å². The van der Waals surface area contributed by atoms with E-state index in [0.29, 0.717) is 17.8 Å². The number of rotatable bonds is 6. The Morgan fingerprint density at radius 1 is 1.18 bits per heavy atom. The monoisotopic (exact) mass is 237 g/mol. The van der Waals surface area contributed by atoms with Crippen LogP contribution >= 0.6 is 0 Å². The molecule has 0 amide bonds. The van der Waals surface area contributed by atoms with Crippen LogP contribution in [0.3, 0.4) is 0 Å². The van der Waals surface area contributed by atoms with Gasteiger partial charge in [0.15, 0.2) is 0 Å². The predicted molar refractivity (Wildman–Crippen MR) is 71.5 cm³/mol. The summed E-state index contributed by atoms with van der Waals surface area (Å²) in [5.74, 6) is 2.80. The van der Waals surface area contributed by atoms with E-state index in [0.717, 1.165) is 25.2 Å². The van der Waals surface area contributed by atoms with Crippen LogP contribution in [0.15, 0.2) is 0 Å². The average Bonchev–Trinajstić information content (AvgIpc) is 2.25. The van der Waals surface area contributed by atoms with Gasteiger partial charge in [-0.05, 0) is 12.3 Å². The van der Waals surface area contributed by atoms with Crippen molar-refractivity contribution in [1.82, 2.24) is 15.0 Å². The van der Waals surface area contributed by atoms with Crippen LogP contribution in [0.5, 0.6) is 0 Å².